The van der Waals surface area contributed by atoms with E-state index >= 15 is 0 Å². The highest BCUT2D eigenvalue weighted by atomic mass is 32.1. The predicted octanol–water partition coefficient (Wildman–Crippen LogP) is 4.26. The van der Waals surface area contributed by atoms with Crippen LogP contribution in [0.4, 0.5) is 0 Å². The van der Waals surface area contributed by atoms with Crippen LogP contribution in [0.5, 0.6) is 5.75 Å². The Morgan fingerprint density at radius 1 is 1.29 bits per heavy atom. The van der Waals surface area contributed by atoms with Crippen LogP contribution < -0.4 is 10.1 Å². The maximum absolute atomic E-state index is 5.90. The Morgan fingerprint density at radius 2 is 2.05 bits per heavy atom. The summed E-state index contributed by atoms with van der Waals surface area (Å²) in [6.45, 7) is 11.0. The van der Waals surface area contributed by atoms with E-state index in [1.54, 1.807) is 11.3 Å². The molecular weight excluding hydrogens is 280 g/mol. The van der Waals surface area contributed by atoms with E-state index in [-0.39, 0.29) is 0 Å². The second-order valence-corrected chi connectivity index (χ2v) is 6.57. The van der Waals surface area contributed by atoms with Gasteiger partial charge in [-0.25, -0.2) is 4.98 Å². The molecule has 2 aromatic rings. The molecule has 1 aromatic carbocycles. The van der Waals surface area contributed by atoms with Gasteiger partial charge in [-0.2, -0.15) is 0 Å². The minimum atomic E-state index is 0.446. The number of aromatic nitrogens is 1. The van der Waals surface area contributed by atoms with Crippen molar-refractivity contribution in [3.63, 3.8) is 0 Å². The Hall–Kier alpha value is -1.39. The number of nitrogens with zero attached hydrogens (tertiary/aromatic N) is 1. The van der Waals surface area contributed by atoms with Crippen molar-refractivity contribution in [2.24, 2.45) is 0 Å². The molecule has 4 heteroatoms. The average molecular weight is 304 g/mol. The summed E-state index contributed by atoms with van der Waals surface area (Å²) < 4.78 is 5.90. The minimum Gasteiger partial charge on any atom is -0.486 e. The minimum absolute atomic E-state index is 0.446. The van der Waals surface area contributed by atoms with Gasteiger partial charge in [0.1, 0.15) is 17.4 Å². The van der Waals surface area contributed by atoms with Gasteiger partial charge in [-0.05, 0) is 31.0 Å². The molecule has 0 amide bonds. The lowest BCUT2D eigenvalue weighted by Crippen LogP contribution is -2.12. The molecule has 2 rings (SSSR count). The highest BCUT2D eigenvalue weighted by Crippen LogP contribution is 2.26. The average Bonchev–Trinajstić information content (AvgIpc) is 2.88. The van der Waals surface area contributed by atoms with E-state index in [1.807, 2.05) is 18.2 Å². The maximum Gasteiger partial charge on any atom is 0.140 e. The Bertz CT molecular complexity index is 578. The molecule has 0 unspecified atom stereocenters. The Balaban J connectivity index is 2.08. The van der Waals surface area contributed by atoms with Gasteiger partial charge >= 0.3 is 0 Å². The molecule has 0 radical (unpaired) electrons. The molecule has 0 fully saturated rings. The number of nitrogens with one attached hydrogen (secondary N) is 1. The van der Waals surface area contributed by atoms with E-state index < -0.39 is 0 Å². The van der Waals surface area contributed by atoms with Crippen molar-refractivity contribution in [1.82, 2.24) is 10.3 Å². The van der Waals surface area contributed by atoms with Crippen LogP contribution in [0.2, 0.25) is 0 Å². The first-order valence-corrected chi connectivity index (χ1v) is 8.31. The summed E-state index contributed by atoms with van der Waals surface area (Å²) in [6, 6.07) is 8.09. The molecule has 114 valence electrons. The van der Waals surface area contributed by atoms with Crippen molar-refractivity contribution < 1.29 is 4.74 Å². The summed E-state index contributed by atoms with van der Waals surface area (Å²) in [7, 11) is 0. The predicted molar refractivity (Wildman–Crippen MR) is 89.1 cm³/mol. The summed E-state index contributed by atoms with van der Waals surface area (Å²) in [5.41, 5.74) is 2.36. The molecule has 1 heterocycles. The lowest BCUT2D eigenvalue weighted by molar-refractivity contribution is 0.303. The summed E-state index contributed by atoms with van der Waals surface area (Å²) in [5.74, 6) is 1.38. The van der Waals surface area contributed by atoms with Gasteiger partial charge in [-0.15, -0.1) is 11.3 Å². The second-order valence-electron chi connectivity index (χ2n) is 5.41. The van der Waals surface area contributed by atoms with Gasteiger partial charge in [0.2, 0.25) is 0 Å². The molecule has 0 aliphatic carbocycles. The zero-order valence-electron chi connectivity index (χ0n) is 13.3. The van der Waals surface area contributed by atoms with Crippen molar-refractivity contribution in [2.45, 2.75) is 46.8 Å². The van der Waals surface area contributed by atoms with E-state index in [4.69, 9.17) is 9.72 Å². The summed E-state index contributed by atoms with van der Waals surface area (Å²) in [4.78, 5) is 6.09. The quantitative estimate of drug-likeness (QED) is 0.829. The van der Waals surface area contributed by atoms with Crippen molar-refractivity contribution in [1.29, 1.82) is 0 Å². The van der Waals surface area contributed by atoms with E-state index in [2.05, 4.69) is 39.1 Å². The van der Waals surface area contributed by atoms with E-state index in [0.717, 1.165) is 29.4 Å². The SMILES string of the molecule is CCNCc1sc(COc2ccccc2C)nc1C(C)C. The monoisotopic (exact) mass is 304 g/mol. The lowest BCUT2D eigenvalue weighted by Gasteiger charge is -2.06. The van der Waals surface area contributed by atoms with E-state index in [0.29, 0.717) is 12.5 Å². The highest BCUT2D eigenvalue weighted by Gasteiger charge is 2.14. The molecule has 21 heavy (non-hydrogen) atoms. The first-order valence-electron chi connectivity index (χ1n) is 7.49. The van der Waals surface area contributed by atoms with Crippen LogP contribution in [0.3, 0.4) is 0 Å². The van der Waals surface area contributed by atoms with Gasteiger partial charge in [0, 0.05) is 11.4 Å². The van der Waals surface area contributed by atoms with E-state index in [1.165, 1.54) is 10.6 Å². The van der Waals surface area contributed by atoms with Crippen LogP contribution in [0, 0.1) is 6.92 Å². The Kier molecular flexibility index (Phi) is 5.76. The number of thiazole rings is 1. The number of aryl methyl sites for hydroxylation is 1. The van der Waals surface area contributed by atoms with Crippen LogP contribution in [-0.4, -0.2) is 11.5 Å². The zero-order valence-corrected chi connectivity index (χ0v) is 14.1. The molecule has 1 aromatic heterocycles. The summed E-state index contributed by atoms with van der Waals surface area (Å²) >= 11 is 1.75. The van der Waals surface area contributed by atoms with E-state index in [9.17, 15) is 0 Å². The summed E-state index contributed by atoms with van der Waals surface area (Å²) in [5, 5.41) is 4.44. The fourth-order valence-corrected chi connectivity index (χ4v) is 3.26. The normalized spacial score (nSPS) is 11.1. The molecule has 0 atom stereocenters. The molecule has 0 aliphatic heterocycles. The topological polar surface area (TPSA) is 34.1 Å². The second kappa shape index (κ2) is 7.57. The van der Waals surface area contributed by atoms with Crippen molar-refractivity contribution in [3.8, 4) is 5.75 Å². The van der Waals surface area contributed by atoms with Gasteiger partial charge in [-0.1, -0.05) is 39.0 Å². The first kappa shape index (κ1) is 16.0. The number of hydrogen-bond acceptors (Lipinski definition) is 4. The van der Waals surface area contributed by atoms with Crippen LogP contribution in [-0.2, 0) is 13.2 Å². The van der Waals surface area contributed by atoms with Gasteiger partial charge in [0.05, 0.1) is 5.69 Å². The smallest absolute Gasteiger partial charge is 0.140 e. The standard InChI is InChI=1S/C17H24N2OS/c1-5-18-10-15-17(12(2)3)19-16(21-15)11-20-14-9-7-6-8-13(14)4/h6-9,12,18H,5,10-11H2,1-4H3. The number of para-hydroxylation sites is 1. The third-order valence-electron chi connectivity index (χ3n) is 3.30. The first-order chi connectivity index (χ1) is 10.1. The van der Waals surface area contributed by atoms with Crippen molar-refractivity contribution in [3.05, 3.63) is 45.4 Å². The van der Waals surface area contributed by atoms with Gasteiger partial charge in [0.15, 0.2) is 0 Å². The van der Waals surface area contributed by atoms with Crippen molar-refractivity contribution >= 4 is 11.3 Å². The number of hydrogen-bond donors (Lipinski definition) is 1. The number of benzene rings is 1. The molecule has 0 bridgehead atoms. The third-order valence-corrected chi connectivity index (χ3v) is 4.34. The Morgan fingerprint density at radius 3 is 2.71 bits per heavy atom. The molecule has 0 spiro atoms. The van der Waals surface area contributed by atoms with Crippen LogP contribution >= 0.6 is 11.3 Å². The van der Waals surface area contributed by atoms with Gasteiger partial charge < -0.3 is 10.1 Å². The van der Waals surface area contributed by atoms with Crippen LogP contribution in [0.1, 0.15) is 47.8 Å². The summed E-state index contributed by atoms with van der Waals surface area (Å²) in [6.07, 6.45) is 0. The molecule has 3 nitrogen and oxygen atoms in total. The number of ether oxygens (including phenoxy) is 1. The Labute approximate surface area is 131 Å². The molecule has 0 saturated carbocycles. The third kappa shape index (κ3) is 4.29. The number of rotatable bonds is 7. The molecule has 0 aliphatic rings. The lowest BCUT2D eigenvalue weighted by atomic mass is 10.1. The van der Waals surface area contributed by atoms with Crippen LogP contribution in [0.25, 0.3) is 0 Å². The fourth-order valence-electron chi connectivity index (χ4n) is 2.15. The zero-order chi connectivity index (χ0) is 15.2. The molecule has 0 saturated heterocycles. The molecular formula is C17H24N2OS. The van der Waals surface area contributed by atoms with Crippen LogP contribution in [0.15, 0.2) is 24.3 Å². The van der Waals surface area contributed by atoms with Gasteiger partial charge in [0.25, 0.3) is 0 Å². The maximum atomic E-state index is 5.90. The molecule has 1 N–H and O–H groups in total. The largest absolute Gasteiger partial charge is 0.486 e. The van der Waals surface area contributed by atoms with Gasteiger partial charge in [-0.3, -0.25) is 0 Å². The fraction of sp³-hybridized carbons (Fsp3) is 0.471. The highest BCUT2D eigenvalue weighted by molar-refractivity contribution is 7.11. The van der Waals surface area contributed by atoms with Crippen molar-refractivity contribution in [2.75, 3.05) is 6.54 Å².